The fourth-order valence-corrected chi connectivity index (χ4v) is 8.97. The van der Waals surface area contributed by atoms with Crippen LogP contribution < -0.4 is 0 Å². The van der Waals surface area contributed by atoms with Gasteiger partial charge in [0.1, 0.15) is 0 Å². The second-order valence-corrected chi connectivity index (χ2v) is 14.6. The first-order valence-corrected chi connectivity index (χ1v) is 18.7. The summed E-state index contributed by atoms with van der Waals surface area (Å²) in [6.07, 6.45) is 5.79. The van der Waals surface area contributed by atoms with Crippen LogP contribution in [0.25, 0.3) is 94.1 Å². The molecule has 2 nitrogen and oxygen atoms in total. The van der Waals surface area contributed by atoms with Gasteiger partial charge in [0, 0.05) is 32.9 Å². The molecule has 53 heavy (non-hydrogen) atoms. The zero-order valence-electron chi connectivity index (χ0n) is 29.5. The van der Waals surface area contributed by atoms with Crippen molar-refractivity contribution in [2.75, 3.05) is 0 Å². The number of para-hydroxylation sites is 3. The van der Waals surface area contributed by atoms with E-state index in [-0.39, 0.29) is 0 Å². The Bertz CT molecular complexity index is 3080. The van der Waals surface area contributed by atoms with Crippen LogP contribution in [0.3, 0.4) is 0 Å². The first-order valence-electron chi connectivity index (χ1n) is 18.7. The van der Waals surface area contributed by atoms with Crippen molar-refractivity contribution in [2.45, 2.75) is 13.3 Å². The molecule has 0 saturated carbocycles. The van der Waals surface area contributed by atoms with Crippen LogP contribution in [0.4, 0.5) is 0 Å². The predicted molar refractivity (Wildman–Crippen MR) is 225 cm³/mol. The van der Waals surface area contributed by atoms with Gasteiger partial charge in [-0.15, -0.1) is 0 Å². The van der Waals surface area contributed by atoms with Gasteiger partial charge >= 0.3 is 0 Å². The van der Waals surface area contributed by atoms with Gasteiger partial charge in [0.25, 0.3) is 0 Å². The Labute approximate surface area is 308 Å². The number of benzene rings is 8. The molecule has 1 atom stereocenters. The number of hydrogen-bond donors (Lipinski definition) is 0. The Balaban J connectivity index is 1.03. The smallest absolute Gasteiger partial charge is 0.0541 e. The van der Waals surface area contributed by atoms with Crippen LogP contribution in [0.5, 0.6) is 0 Å². The van der Waals surface area contributed by atoms with Crippen LogP contribution in [0.1, 0.15) is 18.1 Å². The minimum Gasteiger partial charge on any atom is -0.309 e. The third-order valence-corrected chi connectivity index (χ3v) is 11.4. The molecule has 1 aliphatic carbocycles. The van der Waals surface area contributed by atoms with Crippen molar-refractivity contribution in [1.29, 1.82) is 0 Å². The second kappa shape index (κ2) is 11.7. The van der Waals surface area contributed by atoms with Crippen LogP contribution >= 0.6 is 0 Å². The van der Waals surface area contributed by atoms with Crippen molar-refractivity contribution in [1.82, 2.24) is 9.13 Å². The zero-order valence-corrected chi connectivity index (χ0v) is 29.5. The molecule has 1 unspecified atom stereocenters. The van der Waals surface area contributed by atoms with Gasteiger partial charge in [0.15, 0.2) is 0 Å². The maximum atomic E-state index is 2.42. The summed E-state index contributed by atoms with van der Waals surface area (Å²) in [6.45, 7) is 2.31. The Hall–Kier alpha value is -6.64. The predicted octanol–water partition coefficient (Wildman–Crippen LogP) is 13.6. The molecule has 11 rings (SSSR count). The van der Waals surface area contributed by atoms with Gasteiger partial charge in [-0.3, -0.25) is 0 Å². The molecule has 0 fully saturated rings. The largest absolute Gasteiger partial charge is 0.309 e. The van der Waals surface area contributed by atoms with E-state index in [1.54, 1.807) is 0 Å². The third-order valence-electron chi connectivity index (χ3n) is 11.4. The van der Waals surface area contributed by atoms with E-state index in [4.69, 9.17) is 0 Å². The number of fused-ring (bicyclic) bond motifs is 9. The van der Waals surface area contributed by atoms with Crippen LogP contribution in [0.2, 0.25) is 0 Å². The monoisotopic (exact) mass is 676 g/mol. The van der Waals surface area contributed by atoms with E-state index in [1.165, 1.54) is 99.1 Å². The minimum atomic E-state index is 0.545. The molecular weight excluding hydrogens is 641 g/mol. The lowest BCUT2D eigenvalue weighted by atomic mass is 9.83. The van der Waals surface area contributed by atoms with Crippen LogP contribution in [0, 0.1) is 5.92 Å². The topological polar surface area (TPSA) is 9.86 Å². The second-order valence-electron chi connectivity index (χ2n) is 14.6. The molecule has 0 N–H and O–H groups in total. The Morgan fingerprint density at radius 3 is 1.58 bits per heavy atom. The summed E-state index contributed by atoms with van der Waals surface area (Å²) in [7, 11) is 0. The molecule has 0 radical (unpaired) electrons. The molecule has 0 aliphatic heterocycles. The van der Waals surface area contributed by atoms with Crippen molar-refractivity contribution in [3.63, 3.8) is 0 Å². The van der Waals surface area contributed by atoms with Crippen molar-refractivity contribution < 1.29 is 0 Å². The van der Waals surface area contributed by atoms with Crippen molar-refractivity contribution in [3.05, 3.63) is 187 Å². The molecule has 2 heterocycles. The molecule has 2 heteroatoms. The summed E-state index contributed by atoms with van der Waals surface area (Å²) in [5.41, 5.74) is 15.1. The average Bonchev–Trinajstić information content (AvgIpc) is 3.73. The maximum Gasteiger partial charge on any atom is 0.0541 e. The standard InChI is InChI=1S/C51H36N2/c1-33-19-26-41-44(32-37-11-5-6-14-40(37)45(41)29-33)34-20-24-39(25-21-34)53-49-18-10-8-16-43(49)47-31-36(23-28-51(47)53)35-22-27-50-46(30-35)42-15-7-9-17-48(42)52(50)38-12-3-2-4-13-38/h2-28,30-33H,29H2,1H3. The van der Waals surface area contributed by atoms with Crippen molar-refractivity contribution in [3.8, 4) is 33.6 Å². The highest BCUT2D eigenvalue weighted by atomic mass is 15.0. The minimum absolute atomic E-state index is 0.545. The Kier molecular flexibility index (Phi) is 6.63. The molecule has 0 saturated heterocycles. The van der Waals surface area contributed by atoms with Crippen LogP contribution in [-0.2, 0) is 6.42 Å². The van der Waals surface area contributed by atoms with Gasteiger partial charge in [0.2, 0.25) is 0 Å². The average molecular weight is 677 g/mol. The molecule has 250 valence electrons. The Morgan fingerprint density at radius 1 is 0.434 bits per heavy atom. The quantitative estimate of drug-likeness (QED) is 0.176. The third kappa shape index (κ3) is 4.65. The van der Waals surface area contributed by atoms with Crippen LogP contribution in [-0.4, -0.2) is 9.13 Å². The molecule has 0 spiro atoms. The molecule has 2 aromatic heterocycles. The molecule has 0 bridgehead atoms. The summed E-state index contributed by atoms with van der Waals surface area (Å²) in [4.78, 5) is 0. The Morgan fingerprint density at radius 2 is 0.943 bits per heavy atom. The van der Waals surface area contributed by atoms with Gasteiger partial charge in [-0.2, -0.15) is 0 Å². The van der Waals surface area contributed by atoms with E-state index < -0.39 is 0 Å². The summed E-state index contributed by atoms with van der Waals surface area (Å²) < 4.78 is 4.80. The lowest BCUT2D eigenvalue weighted by molar-refractivity contribution is 0.722. The fraction of sp³-hybridized carbons (Fsp3) is 0.0588. The van der Waals surface area contributed by atoms with Crippen LogP contribution in [0.15, 0.2) is 176 Å². The van der Waals surface area contributed by atoms with E-state index in [2.05, 4.69) is 198 Å². The molecular formula is C51H36N2. The lowest BCUT2D eigenvalue weighted by Crippen LogP contribution is -2.05. The lowest BCUT2D eigenvalue weighted by Gasteiger charge is -2.22. The van der Waals surface area contributed by atoms with Gasteiger partial charge in [0.05, 0.1) is 22.1 Å². The number of nitrogens with zero attached hydrogens (tertiary/aromatic N) is 2. The van der Waals surface area contributed by atoms with Gasteiger partial charge in [-0.1, -0.05) is 122 Å². The molecule has 1 aliphatic rings. The highest BCUT2D eigenvalue weighted by molar-refractivity contribution is 6.12. The SMILES string of the molecule is CC1C=Cc2c(-c3ccc(-n4c5ccccc5c5cc(-c6ccc7c(c6)c6ccccc6n7-c6ccccc6)ccc54)cc3)cc3ccccc3c2C1. The van der Waals surface area contributed by atoms with Gasteiger partial charge in [-0.25, -0.2) is 0 Å². The number of aromatic nitrogens is 2. The van der Waals surface area contributed by atoms with Gasteiger partial charge < -0.3 is 9.13 Å². The van der Waals surface area contributed by atoms with Crippen molar-refractivity contribution in [2.24, 2.45) is 5.92 Å². The van der Waals surface area contributed by atoms with E-state index in [1.807, 2.05) is 0 Å². The van der Waals surface area contributed by atoms with E-state index in [0.29, 0.717) is 5.92 Å². The van der Waals surface area contributed by atoms with E-state index >= 15 is 0 Å². The normalized spacial score (nSPS) is 14.2. The summed E-state index contributed by atoms with van der Waals surface area (Å²) >= 11 is 0. The molecule has 10 aromatic rings. The number of allylic oxidation sites excluding steroid dienone is 1. The maximum absolute atomic E-state index is 2.42. The molecule has 0 amide bonds. The fourth-order valence-electron chi connectivity index (χ4n) is 8.97. The summed E-state index contributed by atoms with van der Waals surface area (Å²) in [6, 6.07) is 62.6. The van der Waals surface area contributed by atoms with Gasteiger partial charge in [-0.05, 0) is 123 Å². The van der Waals surface area contributed by atoms with E-state index in [0.717, 1.165) is 6.42 Å². The number of hydrogen-bond acceptors (Lipinski definition) is 0. The first kappa shape index (κ1) is 30.0. The first-order chi connectivity index (χ1) is 26.2. The van der Waals surface area contributed by atoms with E-state index in [9.17, 15) is 0 Å². The number of rotatable bonds is 4. The summed E-state index contributed by atoms with van der Waals surface area (Å²) in [5.74, 6) is 0.545. The molecule has 8 aromatic carbocycles. The highest BCUT2D eigenvalue weighted by Gasteiger charge is 2.19. The highest BCUT2D eigenvalue weighted by Crippen LogP contribution is 2.40. The van der Waals surface area contributed by atoms with Crippen molar-refractivity contribution >= 4 is 60.5 Å². The zero-order chi connectivity index (χ0) is 35.0. The summed E-state index contributed by atoms with van der Waals surface area (Å²) in [5, 5.41) is 7.75.